The number of phenolic OH excluding ortho intramolecular Hbond substituents is 3. The highest BCUT2D eigenvalue weighted by Gasteiger charge is 2.14. The van der Waals surface area contributed by atoms with Gasteiger partial charge in [0, 0.05) is 0 Å². The van der Waals surface area contributed by atoms with Crippen molar-refractivity contribution in [3.8, 4) is 17.2 Å². The van der Waals surface area contributed by atoms with E-state index in [0.29, 0.717) is 11.1 Å². The number of hydrogen-bond acceptors (Lipinski definition) is 3. The molecule has 0 spiro atoms. The minimum Gasteiger partial charge on any atom is -0.504 e. The minimum absolute atomic E-state index is 0.240. The first kappa shape index (κ1) is 17.0. The first-order valence-electron chi connectivity index (χ1n) is 5.67. The number of phenols is 3. The number of hydrogen-bond donors (Lipinski definition) is 3. The number of rotatable bonds is 0. The van der Waals surface area contributed by atoms with Gasteiger partial charge in [-0.1, -0.05) is 27.7 Å². The van der Waals surface area contributed by atoms with E-state index >= 15 is 0 Å². The van der Waals surface area contributed by atoms with Gasteiger partial charge in [-0.15, -0.1) is 0 Å². The summed E-state index contributed by atoms with van der Waals surface area (Å²) >= 11 is 0. The predicted octanol–water partition coefficient (Wildman–Crippen LogP) is 3.78. The fraction of sp³-hybridized carbons (Fsp3) is 0.538. The Morgan fingerprint density at radius 3 is 1.00 bits per heavy atom. The quantitative estimate of drug-likeness (QED) is 0.592. The second-order valence-electron chi connectivity index (χ2n) is 2.92. The van der Waals surface area contributed by atoms with Gasteiger partial charge in [0.1, 0.15) is 0 Å². The molecule has 0 aliphatic rings. The molecule has 0 radical (unpaired) electrons. The average Bonchev–Trinajstić information content (AvgIpc) is 2.36. The van der Waals surface area contributed by atoms with Gasteiger partial charge in [0.05, 0.1) is 0 Å². The van der Waals surface area contributed by atoms with Crippen LogP contribution in [0.25, 0.3) is 0 Å². The first-order valence-corrected chi connectivity index (χ1v) is 5.67. The molecule has 3 heteroatoms. The largest absolute Gasteiger partial charge is 0.504 e. The van der Waals surface area contributed by atoms with Crippen LogP contribution in [0, 0.1) is 20.8 Å². The molecule has 0 bridgehead atoms. The molecule has 0 unspecified atom stereocenters. The van der Waals surface area contributed by atoms with Gasteiger partial charge in [0.2, 0.25) is 5.75 Å². The number of aromatic hydroxyl groups is 3. The van der Waals surface area contributed by atoms with Crippen LogP contribution in [-0.4, -0.2) is 15.3 Å². The summed E-state index contributed by atoms with van der Waals surface area (Å²) in [5, 5.41) is 27.8. The second kappa shape index (κ2) is 7.85. The third-order valence-electron chi connectivity index (χ3n) is 2.28. The topological polar surface area (TPSA) is 60.7 Å². The summed E-state index contributed by atoms with van der Waals surface area (Å²) in [5.74, 6) is -0.915. The Balaban J connectivity index is 0. The van der Waals surface area contributed by atoms with Crippen LogP contribution in [0.3, 0.4) is 0 Å². The molecule has 3 nitrogen and oxygen atoms in total. The molecule has 0 aliphatic carbocycles. The molecule has 0 aliphatic heterocycles. The van der Waals surface area contributed by atoms with Crippen molar-refractivity contribution in [3.05, 3.63) is 16.7 Å². The van der Waals surface area contributed by atoms with E-state index < -0.39 is 5.75 Å². The molecule has 0 saturated carbocycles. The first-order chi connectivity index (χ1) is 7.46. The monoisotopic (exact) mass is 228 g/mol. The van der Waals surface area contributed by atoms with Gasteiger partial charge in [-0.25, -0.2) is 0 Å². The Hall–Kier alpha value is -1.38. The normalized spacial score (nSPS) is 8.44. The molecule has 0 heterocycles. The Kier molecular flexibility index (Phi) is 8.36. The van der Waals surface area contributed by atoms with Gasteiger partial charge < -0.3 is 15.3 Å². The summed E-state index contributed by atoms with van der Waals surface area (Å²) in [6, 6.07) is 0. The molecule has 94 valence electrons. The van der Waals surface area contributed by atoms with Crippen LogP contribution in [0.4, 0.5) is 0 Å². The Morgan fingerprint density at radius 2 is 0.750 bits per heavy atom. The molecular formula is C13H24O3. The smallest absolute Gasteiger partial charge is 0.200 e. The van der Waals surface area contributed by atoms with Crippen LogP contribution >= 0.6 is 0 Å². The van der Waals surface area contributed by atoms with Crippen LogP contribution in [0.1, 0.15) is 44.4 Å². The van der Waals surface area contributed by atoms with Crippen molar-refractivity contribution in [3.63, 3.8) is 0 Å². The fourth-order valence-corrected chi connectivity index (χ4v) is 1.10. The van der Waals surface area contributed by atoms with E-state index in [2.05, 4.69) is 0 Å². The lowest BCUT2D eigenvalue weighted by Crippen LogP contribution is -1.88. The highest BCUT2D eigenvalue weighted by Crippen LogP contribution is 2.41. The van der Waals surface area contributed by atoms with Crippen LogP contribution in [0.5, 0.6) is 17.2 Å². The zero-order valence-electron chi connectivity index (χ0n) is 11.3. The molecule has 1 aromatic carbocycles. The standard InChI is InChI=1S/C9H12O3.2C2H6/c1-4-5(2)7(10)9(12)8(11)6(4)3;2*1-2/h10-12H,1-3H3;2*1-2H3. The fourth-order valence-electron chi connectivity index (χ4n) is 1.10. The maximum Gasteiger partial charge on any atom is 0.200 e. The summed E-state index contributed by atoms with van der Waals surface area (Å²) in [6.07, 6.45) is 0. The molecule has 0 aromatic heterocycles. The predicted molar refractivity (Wildman–Crippen MR) is 68.3 cm³/mol. The third kappa shape index (κ3) is 3.33. The van der Waals surface area contributed by atoms with Gasteiger partial charge in [-0.05, 0) is 37.5 Å². The number of benzene rings is 1. The van der Waals surface area contributed by atoms with Crippen LogP contribution in [0.2, 0.25) is 0 Å². The van der Waals surface area contributed by atoms with Gasteiger partial charge in [0.25, 0.3) is 0 Å². The van der Waals surface area contributed by atoms with Gasteiger partial charge in [-0.3, -0.25) is 0 Å². The van der Waals surface area contributed by atoms with E-state index in [1.165, 1.54) is 0 Å². The van der Waals surface area contributed by atoms with Crippen LogP contribution < -0.4 is 0 Å². The summed E-state index contributed by atoms with van der Waals surface area (Å²) in [6.45, 7) is 13.2. The van der Waals surface area contributed by atoms with Crippen molar-refractivity contribution in [2.75, 3.05) is 0 Å². The van der Waals surface area contributed by atoms with E-state index in [9.17, 15) is 15.3 Å². The van der Waals surface area contributed by atoms with E-state index in [-0.39, 0.29) is 11.5 Å². The highest BCUT2D eigenvalue weighted by atomic mass is 16.3. The SMILES string of the molecule is CC.CC.Cc1c(C)c(O)c(O)c(O)c1C. The summed E-state index contributed by atoms with van der Waals surface area (Å²) < 4.78 is 0. The summed E-state index contributed by atoms with van der Waals surface area (Å²) in [7, 11) is 0. The maximum atomic E-state index is 9.28. The van der Waals surface area contributed by atoms with E-state index in [0.717, 1.165) is 5.56 Å². The molecule has 0 atom stereocenters. The summed E-state index contributed by atoms with van der Waals surface area (Å²) in [4.78, 5) is 0. The molecule has 0 fully saturated rings. The van der Waals surface area contributed by atoms with E-state index in [4.69, 9.17) is 0 Å². The van der Waals surface area contributed by atoms with Gasteiger partial charge in [0.15, 0.2) is 11.5 Å². The molecule has 1 aromatic rings. The molecular weight excluding hydrogens is 204 g/mol. The van der Waals surface area contributed by atoms with Crippen LogP contribution in [0.15, 0.2) is 0 Å². The molecule has 16 heavy (non-hydrogen) atoms. The lowest BCUT2D eigenvalue weighted by atomic mass is 10.0. The van der Waals surface area contributed by atoms with Crippen LogP contribution in [-0.2, 0) is 0 Å². The zero-order valence-corrected chi connectivity index (χ0v) is 11.3. The van der Waals surface area contributed by atoms with E-state index in [1.807, 2.05) is 27.7 Å². The van der Waals surface area contributed by atoms with Gasteiger partial charge >= 0.3 is 0 Å². The van der Waals surface area contributed by atoms with Crippen molar-refractivity contribution in [1.82, 2.24) is 0 Å². The lowest BCUT2D eigenvalue weighted by molar-refractivity contribution is 0.363. The average molecular weight is 228 g/mol. The molecule has 0 saturated heterocycles. The highest BCUT2D eigenvalue weighted by molar-refractivity contribution is 5.60. The van der Waals surface area contributed by atoms with Crippen molar-refractivity contribution >= 4 is 0 Å². The van der Waals surface area contributed by atoms with Gasteiger partial charge in [-0.2, -0.15) is 0 Å². The van der Waals surface area contributed by atoms with Crippen molar-refractivity contribution in [2.24, 2.45) is 0 Å². The minimum atomic E-state index is -0.435. The molecule has 0 amide bonds. The Bertz CT molecular complexity index is 225. The lowest BCUT2D eigenvalue weighted by Gasteiger charge is -2.10. The summed E-state index contributed by atoms with van der Waals surface area (Å²) in [5.41, 5.74) is 1.99. The Labute approximate surface area is 98.4 Å². The Morgan fingerprint density at radius 1 is 0.500 bits per heavy atom. The zero-order chi connectivity index (χ0) is 13.5. The molecule has 1 rings (SSSR count). The van der Waals surface area contributed by atoms with Crippen molar-refractivity contribution in [1.29, 1.82) is 0 Å². The van der Waals surface area contributed by atoms with Crippen molar-refractivity contribution < 1.29 is 15.3 Å². The third-order valence-corrected chi connectivity index (χ3v) is 2.28. The maximum absolute atomic E-state index is 9.28. The van der Waals surface area contributed by atoms with E-state index in [1.54, 1.807) is 20.8 Å². The van der Waals surface area contributed by atoms with Crippen molar-refractivity contribution in [2.45, 2.75) is 48.5 Å². The molecule has 3 N–H and O–H groups in total. The second-order valence-corrected chi connectivity index (χ2v) is 2.92.